The van der Waals surface area contributed by atoms with Crippen LogP contribution in [0.25, 0.3) is 0 Å². The van der Waals surface area contributed by atoms with E-state index in [2.05, 4.69) is 44.0 Å². The van der Waals surface area contributed by atoms with Crippen LogP contribution < -0.4 is 9.47 Å². The van der Waals surface area contributed by atoms with E-state index in [1.54, 1.807) is 4.90 Å². The van der Waals surface area contributed by atoms with E-state index in [0.717, 1.165) is 24.0 Å². The Bertz CT molecular complexity index is 1420. The fraction of sp³-hybridized carbons (Fsp3) is 0.485. The molecule has 9 nitrogen and oxygen atoms in total. The van der Waals surface area contributed by atoms with Crippen LogP contribution in [0.5, 0.6) is 11.8 Å². The van der Waals surface area contributed by atoms with E-state index < -0.39 is 19.4 Å². The number of hydrogen-bond acceptors (Lipinski definition) is 8. The van der Waals surface area contributed by atoms with E-state index in [9.17, 15) is 23.1 Å². The van der Waals surface area contributed by atoms with Gasteiger partial charge in [0.1, 0.15) is 12.4 Å². The average Bonchev–Trinajstić information content (AvgIpc) is 3.90. The van der Waals surface area contributed by atoms with Crippen molar-refractivity contribution in [2.75, 3.05) is 53.0 Å². The van der Waals surface area contributed by atoms with Crippen molar-refractivity contribution >= 4 is 5.91 Å². The van der Waals surface area contributed by atoms with Crippen molar-refractivity contribution in [3.63, 3.8) is 0 Å². The number of aliphatic hydroxyl groups excluding tert-OH is 1. The predicted molar refractivity (Wildman–Crippen MR) is 160 cm³/mol. The van der Waals surface area contributed by atoms with Crippen LogP contribution in [-0.4, -0.2) is 107 Å². The van der Waals surface area contributed by atoms with Crippen molar-refractivity contribution in [3.05, 3.63) is 83.2 Å². The number of amides is 1. The minimum absolute atomic E-state index is 0.0193. The topological polar surface area (TPSA) is 91.3 Å². The van der Waals surface area contributed by atoms with Crippen LogP contribution in [0.4, 0.5) is 13.2 Å². The Morgan fingerprint density at radius 2 is 1.60 bits per heavy atom. The molecule has 6 rings (SSSR count). The molecule has 1 aromatic heterocycles. The largest absolute Gasteiger partial charge is 0.481 e. The summed E-state index contributed by atoms with van der Waals surface area (Å²) < 4.78 is 50.8. The van der Waals surface area contributed by atoms with Crippen molar-refractivity contribution in [2.24, 2.45) is 0 Å². The molecule has 2 aromatic carbocycles. The Hall–Kier alpha value is -3.74. The molecule has 0 radical (unpaired) electrons. The fourth-order valence-electron chi connectivity index (χ4n) is 6.70. The van der Waals surface area contributed by atoms with Gasteiger partial charge < -0.3 is 19.5 Å². The molecule has 1 aliphatic carbocycles. The van der Waals surface area contributed by atoms with Crippen LogP contribution in [0, 0.1) is 0 Å². The van der Waals surface area contributed by atoms with Crippen LogP contribution >= 0.6 is 0 Å². The minimum Gasteiger partial charge on any atom is -0.481 e. The highest BCUT2D eigenvalue weighted by Gasteiger charge is 2.43. The number of piperazine rings is 2. The molecule has 2 saturated heterocycles. The van der Waals surface area contributed by atoms with Gasteiger partial charge in [-0.25, -0.2) is 0 Å². The Kier molecular flexibility index (Phi) is 9.25. The second kappa shape index (κ2) is 13.3. The molecule has 12 heteroatoms. The molecule has 0 unspecified atom stereocenters. The molecule has 240 valence electrons. The smallest absolute Gasteiger partial charge is 0.422 e. The average molecular weight is 626 g/mol. The van der Waals surface area contributed by atoms with Gasteiger partial charge in [0.15, 0.2) is 6.61 Å². The third kappa shape index (κ3) is 7.23. The normalized spacial score (nSPS) is 21.1. The summed E-state index contributed by atoms with van der Waals surface area (Å²) in [5.41, 5.74) is 2.66. The Morgan fingerprint density at radius 1 is 0.956 bits per heavy atom. The van der Waals surface area contributed by atoms with Crippen molar-refractivity contribution in [2.45, 2.75) is 49.5 Å². The summed E-state index contributed by atoms with van der Waals surface area (Å²) in [5.74, 6) is 0.293. The number of fused-ring (bicyclic) bond motifs is 1. The molecule has 0 spiro atoms. The highest BCUT2D eigenvalue weighted by Crippen LogP contribution is 2.42. The lowest BCUT2D eigenvalue weighted by molar-refractivity contribution is -0.154. The van der Waals surface area contributed by atoms with Crippen LogP contribution in [0.1, 0.15) is 47.2 Å². The number of alkyl halides is 3. The van der Waals surface area contributed by atoms with Crippen LogP contribution in [0.3, 0.4) is 0 Å². The molecule has 3 fully saturated rings. The maximum atomic E-state index is 13.3. The maximum absolute atomic E-state index is 13.3. The molecular formula is C33H38F3N5O4. The first-order valence-corrected chi connectivity index (χ1v) is 15.3. The lowest BCUT2D eigenvalue weighted by atomic mass is 9.81. The van der Waals surface area contributed by atoms with E-state index >= 15 is 0 Å². The number of carbonyl (C=O) groups is 1. The number of rotatable bonds is 10. The van der Waals surface area contributed by atoms with Gasteiger partial charge >= 0.3 is 6.18 Å². The standard InChI is InChI=1S/C33H38F3N5O4/c1-44-31-26(32(45-21-33(34,35)36)38-30(37-31)24-12-13-24)18-39-16-25-17-40(28(43)20-42)14-15-41(25)27(19-39)29(22-8-4-2-5-9-22)23-10-6-3-7-11-23/h2-11,24-25,27,29,42H,12-21H2,1H3/t25-,27+/m1/s1. The van der Waals surface area contributed by atoms with Gasteiger partial charge in [-0.2, -0.15) is 23.1 Å². The van der Waals surface area contributed by atoms with Gasteiger partial charge in [-0.3, -0.25) is 14.6 Å². The van der Waals surface area contributed by atoms with Gasteiger partial charge in [0.25, 0.3) is 0 Å². The molecule has 1 amide bonds. The summed E-state index contributed by atoms with van der Waals surface area (Å²) in [6.07, 6.45) is -2.79. The van der Waals surface area contributed by atoms with Crippen molar-refractivity contribution < 1.29 is 32.5 Å². The summed E-state index contributed by atoms with van der Waals surface area (Å²) in [6, 6.07) is 20.4. The SMILES string of the molecule is COc1nc(C2CC2)nc(OCC(F)(F)F)c1CN1C[C@@H]2CN(C(=O)CO)CCN2[C@H](C(c2ccccc2)c2ccccc2)C1. The Morgan fingerprint density at radius 3 is 2.18 bits per heavy atom. The third-order valence-corrected chi connectivity index (χ3v) is 8.90. The van der Waals surface area contributed by atoms with Crippen molar-refractivity contribution in [1.29, 1.82) is 0 Å². The fourth-order valence-corrected chi connectivity index (χ4v) is 6.70. The van der Waals surface area contributed by atoms with Gasteiger partial charge in [0.05, 0.1) is 12.7 Å². The zero-order chi connectivity index (χ0) is 31.6. The number of methoxy groups -OCH3 is 1. The molecule has 2 atom stereocenters. The molecule has 0 bridgehead atoms. The summed E-state index contributed by atoms with van der Waals surface area (Å²) in [4.78, 5) is 27.9. The van der Waals surface area contributed by atoms with E-state index in [-0.39, 0.29) is 48.1 Å². The second-order valence-electron chi connectivity index (χ2n) is 12.0. The van der Waals surface area contributed by atoms with E-state index in [1.807, 2.05) is 36.4 Å². The number of benzene rings is 2. The molecule has 3 heterocycles. The van der Waals surface area contributed by atoms with Gasteiger partial charge in [-0.15, -0.1) is 0 Å². The summed E-state index contributed by atoms with van der Waals surface area (Å²) in [6.45, 7) is 0.861. The third-order valence-electron chi connectivity index (χ3n) is 8.90. The molecule has 1 N–H and O–H groups in total. The van der Waals surface area contributed by atoms with Crippen LogP contribution in [0.15, 0.2) is 60.7 Å². The zero-order valence-corrected chi connectivity index (χ0v) is 25.2. The number of ether oxygens (including phenoxy) is 2. The first kappa shape index (κ1) is 31.3. The Labute approximate surface area is 260 Å². The van der Waals surface area contributed by atoms with Gasteiger partial charge in [-0.1, -0.05) is 60.7 Å². The van der Waals surface area contributed by atoms with Gasteiger partial charge in [0, 0.05) is 63.2 Å². The van der Waals surface area contributed by atoms with Crippen molar-refractivity contribution in [3.8, 4) is 11.8 Å². The number of aliphatic hydroxyl groups is 1. The first-order valence-electron chi connectivity index (χ1n) is 15.3. The lowest BCUT2D eigenvalue weighted by Gasteiger charge is -2.53. The number of carbonyl (C=O) groups excluding carboxylic acids is 1. The second-order valence-corrected chi connectivity index (χ2v) is 12.0. The minimum atomic E-state index is -4.53. The van der Waals surface area contributed by atoms with Crippen LogP contribution in [-0.2, 0) is 11.3 Å². The quantitative estimate of drug-likeness (QED) is 0.364. The lowest BCUT2D eigenvalue weighted by Crippen LogP contribution is -2.67. The molecular weight excluding hydrogens is 587 g/mol. The molecule has 1 saturated carbocycles. The molecule has 45 heavy (non-hydrogen) atoms. The molecule has 3 aliphatic rings. The number of aromatic nitrogens is 2. The highest BCUT2D eigenvalue weighted by molar-refractivity contribution is 5.77. The van der Waals surface area contributed by atoms with Gasteiger partial charge in [-0.05, 0) is 24.0 Å². The number of nitrogens with zero attached hydrogens (tertiary/aromatic N) is 5. The predicted octanol–water partition coefficient (Wildman–Crippen LogP) is 3.83. The maximum Gasteiger partial charge on any atom is 0.422 e. The monoisotopic (exact) mass is 625 g/mol. The Balaban J connectivity index is 1.38. The highest BCUT2D eigenvalue weighted by atomic mass is 19.4. The summed E-state index contributed by atoms with van der Waals surface area (Å²) in [7, 11) is 1.46. The number of halogens is 3. The summed E-state index contributed by atoms with van der Waals surface area (Å²) >= 11 is 0. The molecule has 2 aliphatic heterocycles. The van der Waals surface area contributed by atoms with E-state index in [1.165, 1.54) is 7.11 Å². The first-order chi connectivity index (χ1) is 21.7. The van der Waals surface area contributed by atoms with Crippen LogP contribution in [0.2, 0.25) is 0 Å². The zero-order valence-electron chi connectivity index (χ0n) is 25.2. The van der Waals surface area contributed by atoms with Crippen molar-refractivity contribution in [1.82, 2.24) is 24.7 Å². The molecule has 3 aromatic rings. The van der Waals surface area contributed by atoms with Gasteiger partial charge in [0.2, 0.25) is 17.7 Å². The summed E-state index contributed by atoms with van der Waals surface area (Å²) in [5, 5.41) is 9.59. The van der Waals surface area contributed by atoms with E-state index in [4.69, 9.17) is 9.47 Å². The number of hydrogen-bond donors (Lipinski definition) is 1. The van der Waals surface area contributed by atoms with E-state index in [0.29, 0.717) is 44.1 Å².